The van der Waals surface area contributed by atoms with Gasteiger partial charge in [-0.05, 0) is 65.9 Å². The van der Waals surface area contributed by atoms with Gasteiger partial charge in [0.25, 0.3) is 0 Å². The van der Waals surface area contributed by atoms with Crippen molar-refractivity contribution in [3.05, 3.63) is 91.8 Å². The maximum Gasteiger partial charge on any atom is 0.342 e. The number of halogens is 3. The molecule has 0 saturated carbocycles. The molecule has 0 atom stereocenters. The lowest BCUT2D eigenvalue weighted by Crippen LogP contribution is -2.00. The largest absolute Gasteiger partial charge is 0.488 e. The molecule has 162 valence electrons. The molecule has 0 unspecified atom stereocenters. The number of carboxylic acid groups (broad SMARTS) is 1. The number of aromatic nitrogens is 2. The molecule has 0 spiro atoms. The van der Waals surface area contributed by atoms with Crippen molar-refractivity contribution in [3.8, 4) is 5.75 Å². The van der Waals surface area contributed by atoms with Gasteiger partial charge in [0.2, 0.25) is 0 Å². The lowest BCUT2D eigenvalue weighted by molar-refractivity contribution is -0.131. The highest BCUT2D eigenvalue weighted by Gasteiger charge is 2.15. The standard InChI is InChI=1S/C23H15Cl3N2O3S/c24-15-6-8-20(31-12-13-5-7-16(25)17(26)9-13)14(10-15)11-21(22(29)30)32-23-27-18-3-1-2-4-19(18)28-23/h1-11H,12H2,(H,27,28)(H,29,30)/b21-11-. The van der Waals surface area contributed by atoms with Crippen molar-refractivity contribution < 1.29 is 14.6 Å². The van der Waals surface area contributed by atoms with E-state index in [-0.39, 0.29) is 11.5 Å². The number of carboxylic acids is 1. The quantitative estimate of drug-likeness (QED) is 0.203. The lowest BCUT2D eigenvalue weighted by Gasteiger charge is -2.11. The molecule has 1 heterocycles. The Hall–Kier alpha value is -2.64. The molecule has 0 aliphatic heterocycles. The van der Waals surface area contributed by atoms with Crippen LogP contribution in [-0.4, -0.2) is 21.0 Å². The van der Waals surface area contributed by atoms with Gasteiger partial charge in [0.1, 0.15) is 17.3 Å². The molecule has 4 rings (SSSR count). The number of ether oxygens (including phenoxy) is 1. The second-order valence-corrected chi connectivity index (χ2v) is 8.98. The van der Waals surface area contributed by atoms with Crippen LogP contribution in [0, 0.1) is 0 Å². The van der Waals surface area contributed by atoms with Crippen LogP contribution < -0.4 is 4.74 Å². The molecule has 9 heteroatoms. The number of thioether (sulfide) groups is 1. The molecule has 0 saturated heterocycles. The monoisotopic (exact) mass is 504 g/mol. The fourth-order valence-corrected chi connectivity index (χ4v) is 4.20. The molecule has 0 aliphatic carbocycles. The first kappa shape index (κ1) is 22.6. The summed E-state index contributed by atoms with van der Waals surface area (Å²) in [6, 6.07) is 17.7. The SMILES string of the molecule is O=C(O)/C(=C/c1cc(Cl)ccc1OCc1ccc(Cl)c(Cl)c1)Sc1nc2ccccc2[nH]1. The molecular formula is C23H15Cl3N2O3S. The Kier molecular flexibility index (Phi) is 6.96. The summed E-state index contributed by atoms with van der Waals surface area (Å²) in [5, 5.41) is 11.6. The number of para-hydroxylation sites is 2. The Labute approximate surface area is 203 Å². The van der Waals surface area contributed by atoms with Crippen LogP contribution in [0.5, 0.6) is 5.75 Å². The number of aromatic amines is 1. The zero-order chi connectivity index (χ0) is 22.7. The first-order valence-corrected chi connectivity index (χ1v) is 11.3. The topological polar surface area (TPSA) is 75.2 Å². The fourth-order valence-electron chi connectivity index (χ4n) is 2.91. The van der Waals surface area contributed by atoms with Gasteiger partial charge in [-0.15, -0.1) is 0 Å². The zero-order valence-electron chi connectivity index (χ0n) is 16.3. The Bertz CT molecular complexity index is 1300. The van der Waals surface area contributed by atoms with Crippen molar-refractivity contribution in [2.75, 3.05) is 0 Å². The third kappa shape index (κ3) is 5.40. The highest BCUT2D eigenvalue weighted by atomic mass is 35.5. The number of nitrogens with zero attached hydrogens (tertiary/aromatic N) is 1. The highest BCUT2D eigenvalue weighted by Crippen LogP contribution is 2.32. The number of fused-ring (bicyclic) bond motifs is 1. The number of hydrogen-bond donors (Lipinski definition) is 2. The molecule has 32 heavy (non-hydrogen) atoms. The molecule has 0 aliphatic rings. The van der Waals surface area contributed by atoms with Gasteiger partial charge in [0.15, 0.2) is 5.16 Å². The van der Waals surface area contributed by atoms with Gasteiger partial charge >= 0.3 is 5.97 Å². The Morgan fingerprint density at radius 2 is 1.88 bits per heavy atom. The van der Waals surface area contributed by atoms with Crippen molar-refractivity contribution >= 4 is 69.6 Å². The minimum absolute atomic E-state index is 0.0608. The van der Waals surface area contributed by atoms with Crippen molar-refractivity contribution in [2.45, 2.75) is 11.8 Å². The van der Waals surface area contributed by atoms with E-state index in [1.165, 1.54) is 6.08 Å². The fraction of sp³-hybridized carbons (Fsp3) is 0.0435. The second kappa shape index (κ2) is 9.88. The van der Waals surface area contributed by atoms with Crippen LogP contribution in [0.15, 0.2) is 70.7 Å². The molecule has 0 amide bonds. The zero-order valence-corrected chi connectivity index (χ0v) is 19.4. The first-order chi connectivity index (χ1) is 15.4. The minimum atomic E-state index is -1.09. The van der Waals surface area contributed by atoms with Gasteiger partial charge in [0.05, 0.1) is 21.1 Å². The summed E-state index contributed by atoms with van der Waals surface area (Å²) in [6.07, 6.45) is 1.51. The van der Waals surface area contributed by atoms with Crippen LogP contribution in [0.25, 0.3) is 17.1 Å². The van der Waals surface area contributed by atoms with E-state index in [0.29, 0.717) is 31.5 Å². The average Bonchev–Trinajstić information content (AvgIpc) is 3.17. The summed E-state index contributed by atoms with van der Waals surface area (Å²) >= 11 is 19.2. The summed E-state index contributed by atoms with van der Waals surface area (Å²) in [4.78, 5) is 19.5. The molecule has 1 aromatic heterocycles. The van der Waals surface area contributed by atoms with Crippen LogP contribution in [0.3, 0.4) is 0 Å². The molecule has 0 radical (unpaired) electrons. The number of H-pyrrole nitrogens is 1. The molecule has 4 aromatic rings. The molecule has 5 nitrogen and oxygen atoms in total. The van der Waals surface area contributed by atoms with E-state index in [2.05, 4.69) is 9.97 Å². The number of hydrogen-bond acceptors (Lipinski definition) is 4. The molecular weight excluding hydrogens is 491 g/mol. The predicted molar refractivity (Wildman–Crippen MR) is 130 cm³/mol. The summed E-state index contributed by atoms with van der Waals surface area (Å²) in [5.41, 5.74) is 2.93. The highest BCUT2D eigenvalue weighted by molar-refractivity contribution is 8.04. The van der Waals surface area contributed by atoms with Crippen molar-refractivity contribution in [3.63, 3.8) is 0 Å². The van der Waals surface area contributed by atoms with Crippen LogP contribution in [0.1, 0.15) is 11.1 Å². The van der Waals surface area contributed by atoms with Crippen molar-refractivity contribution in [2.24, 2.45) is 0 Å². The van der Waals surface area contributed by atoms with E-state index in [9.17, 15) is 9.90 Å². The predicted octanol–water partition coefficient (Wildman–Crippen LogP) is 7.32. The van der Waals surface area contributed by atoms with Crippen LogP contribution in [0.4, 0.5) is 0 Å². The van der Waals surface area contributed by atoms with E-state index in [4.69, 9.17) is 39.5 Å². The number of carbonyl (C=O) groups is 1. The lowest BCUT2D eigenvalue weighted by atomic mass is 10.2. The van der Waals surface area contributed by atoms with E-state index < -0.39 is 5.97 Å². The van der Waals surface area contributed by atoms with E-state index in [1.54, 1.807) is 36.4 Å². The van der Waals surface area contributed by atoms with Gasteiger partial charge in [-0.3, -0.25) is 0 Å². The average molecular weight is 506 g/mol. The number of imidazole rings is 1. The third-order valence-corrected chi connectivity index (χ3v) is 6.30. The normalized spacial score (nSPS) is 11.7. The smallest absolute Gasteiger partial charge is 0.342 e. The summed E-state index contributed by atoms with van der Waals surface area (Å²) in [6.45, 7) is 0.221. The summed E-state index contributed by atoms with van der Waals surface area (Å²) in [5.74, 6) is -0.615. The molecule has 3 aromatic carbocycles. The van der Waals surface area contributed by atoms with Crippen LogP contribution in [0.2, 0.25) is 15.1 Å². The Balaban J connectivity index is 1.61. The van der Waals surface area contributed by atoms with Gasteiger partial charge in [-0.2, -0.15) is 0 Å². The van der Waals surface area contributed by atoms with Crippen molar-refractivity contribution in [1.82, 2.24) is 9.97 Å². The van der Waals surface area contributed by atoms with Gasteiger partial charge in [-0.25, -0.2) is 9.78 Å². The second-order valence-electron chi connectivity index (χ2n) is 6.69. The maximum atomic E-state index is 11.9. The summed E-state index contributed by atoms with van der Waals surface area (Å²) in [7, 11) is 0. The first-order valence-electron chi connectivity index (χ1n) is 9.33. The number of benzene rings is 3. The maximum absolute atomic E-state index is 11.9. The summed E-state index contributed by atoms with van der Waals surface area (Å²) < 4.78 is 5.92. The van der Waals surface area contributed by atoms with Gasteiger partial charge in [0, 0.05) is 10.6 Å². The van der Waals surface area contributed by atoms with Crippen LogP contribution in [-0.2, 0) is 11.4 Å². The molecule has 0 fully saturated rings. The third-order valence-electron chi connectivity index (χ3n) is 4.42. The molecule has 2 N–H and O–H groups in total. The van der Waals surface area contributed by atoms with Crippen molar-refractivity contribution in [1.29, 1.82) is 0 Å². The van der Waals surface area contributed by atoms with Gasteiger partial charge in [-0.1, -0.05) is 53.0 Å². The van der Waals surface area contributed by atoms with E-state index in [1.807, 2.05) is 24.3 Å². The minimum Gasteiger partial charge on any atom is -0.488 e. The Morgan fingerprint density at radius 1 is 1.06 bits per heavy atom. The van der Waals surface area contributed by atoms with Crippen LogP contribution >= 0.6 is 46.6 Å². The number of aliphatic carboxylic acids is 1. The van der Waals surface area contributed by atoms with Gasteiger partial charge < -0.3 is 14.8 Å². The Morgan fingerprint density at radius 3 is 2.62 bits per heavy atom. The number of nitrogens with one attached hydrogen (secondary N) is 1. The number of rotatable bonds is 7. The van der Waals surface area contributed by atoms with E-state index >= 15 is 0 Å². The molecule has 0 bridgehead atoms. The van der Waals surface area contributed by atoms with E-state index in [0.717, 1.165) is 28.4 Å².